The van der Waals surface area contributed by atoms with Crippen molar-refractivity contribution in [1.82, 2.24) is 0 Å². The molecule has 0 N–H and O–H groups in total. The lowest BCUT2D eigenvalue weighted by Gasteiger charge is -2.36. The number of esters is 1. The summed E-state index contributed by atoms with van der Waals surface area (Å²) in [6, 6.07) is 0. The van der Waals surface area contributed by atoms with Crippen molar-refractivity contribution in [3.63, 3.8) is 0 Å². The van der Waals surface area contributed by atoms with Crippen LogP contribution in [0.3, 0.4) is 0 Å². The molecule has 116 valence electrons. The lowest BCUT2D eigenvalue weighted by Crippen LogP contribution is -2.36. The van der Waals surface area contributed by atoms with Crippen molar-refractivity contribution in [3.05, 3.63) is 0 Å². The summed E-state index contributed by atoms with van der Waals surface area (Å²) in [6.07, 6.45) is 7.50. The minimum absolute atomic E-state index is 0.0229. The van der Waals surface area contributed by atoms with E-state index in [-0.39, 0.29) is 18.2 Å². The van der Waals surface area contributed by atoms with Gasteiger partial charge >= 0.3 is 5.97 Å². The number of hydrogen-bond donors (Lipinski definition) is 0. The normalized spacial score (nSPS) is 34.4. The maximum absolute atomic E-state index is 12.1. The Morgan fingerprint density at radius 2 is 2.10 bits per heavy atom. The van der Waals surface area contributed by atoms with Crippen molar-refractivity contribution in [3.8, 4) is 0 Å². The van der Waals surface area contributed by atoms with Crippen LogP contribution in [0.25, 0.3) is 0 Å². The molecule has 0 amide bonds. The lowest BCUT2D eigenvalue weighted by molar-refractivity contribution is -0.156. The molecular weight excluding hydrogens is 252 g/mol. The van der Waals surface area contributed by atoms with E-state index in [1.807, 2.05) is 0 Å². The molecule has 1 aliphatic heterocycles. The summed E-state index contributed by atoms with van der Waals surface area (Å²) in [7, 11) is 0. The molecule has 4 unspecified atom stereocenters. The minimum Gasteiger partial charge on any atom is -0.462 e. The van der Waals surface area contributed by atoms with E-state index < -0.39 is 0 Å². The van der Waals surface area contributed by atoms with Gasteiger partial charge < -0.3 is 9.47 Å². The summed E-state index contributed by atoms with van der Waals surface area (Å²) >= 11 is 0. The van der Waals surface area contributed by atoms with Crippen molar-refractivity contribution in [2.75, 3.05) is 6.61 Å². The highest BCUT2D eigenvalue weighted by Crippen LogP contribution is 2.35. The second kappa shape index (κ2) is 7.44. The van der Waals surface area contributed by atoms with Crippen LogP contribution in [0.15, 0.2) is 0 Å². The Labute approximate surface area is 123 Å². The predicted octanol–water partition coefficient (Wildman–Crippen LogP) is 3.95. The van der Waals surface area contributed by atoms with Gasteiger partial charge in [0.15, 0.2) is 0 Å². The Morgan fingerprint density at radius 1 is 1.30 bits per heavy atom. The highest BCUT2D eigenvalue weighted by Gasteiger charge is 2.33. The third-order valence-corrected chi connectivity index (χ3v) is 4.94. The highest BCUT2D eigenvalue weighted by atomic mass is 16.5. The fourth-order valence-electron chi connectivity index (χ4n) is 3.63. The van der Waals surface area contributed by atoms with Gasteiger partial charge in [0.1, 0.15) is 6.10 Å². The molecule has 1 saturated heterocycles. The fraction of sp³-hybridized carbons (Fsp3) is 0.941. The van der Waals surface area contributed by atoms with Gasteiger partial charge in [0.25, 0.3) is 0 Å². The Morgan fingerprint density at radius 3 is 2.75 bits per heavy atom. The highest BCUT2D eigenvalue weighted by molar-refractivity contribution is 5.69. The molecule has 0 aromatic rings. The average molecular weight is 282 g/mol. The zero-order chi connectivity index (χ0) is 14.5. The first-order valence-corrected chi connectivity index (χ1v) is 8.37. The average Bonchev–Trinajstić information content (AvgIpc) is 2.89. The Bertz CT molecular complexity index is 307. The van der Waals surface area contributed by atoms with E-state index in [0.29, 0.717) is 24.2 Å². The van der Waals surface area contributed by atoms with Gasteiger partial charge in [-0.1, -0.05) is 27.2 Å². The molecule has 2 aliphatic rings. The molecule has 0 aromatic carbocycles. The summed E-state index contributed by atoms with van der Waals surface area (Å²) in [6.45, 7) is 7.61. The number of carbonyl (C=O) groups is 1. The predicted molar refractivity (Wildman–Crippen MR) is 79.4 cm³/mol. The maximum Gasteiger partial charge on any atom is 0.306 e. The van der Waals surface area contributed by atoms with E-state index in [1.165, 1.54) is 12.8 Å². The van der Waals surface area contributed by atoms with Crippen molar-refractivity contribution in [1.29, 1.82) is 0 Å². The summed E-state index contributed by atoms with van der Waals surface area (Å²) < 4.78 is 11.4. The second-order valence-electron chi connectivity index (χ2n) is 7.03. The Balaban J connectivity index is 1.77. The quantitative estimate of drug-likeness (QED) is 0.716. The van der Waals surface area contributed by atoms with E-state index in [9.17, 15) is 4.79 Å². The van der Waals surface area contributed by atoms with E-state index in [0.717, 1.165) is 32.3 Å². The topological polar surface area (TPSA) is 35.5 Å². The molecule has 0 spiro atoms. The van der Waals surface area contributed by atoms with Crippen LogP contribution < -0.4 is 0 Å². The molecule has 20 heavy (non-hydrogen) atoms. The minimum atomic E-state index is -0.0229. The zero-order valence-electron chi connectivity index (χ0n) is 13.3. The summed E-state index contributed by atoms with van der Waals surface area (Å²) in [5, 5.41) is 0. The van der Waals surface area contributed by atoms with Crippen molar-refractivity contribution >= 4 is 5.97 Å². The van der Waals surface area contributed by atoms with Crippen LogP contribution in [0.1, 0.15) is 65.7 Å². The third kappa shape index (κ3) is 4.47. The molecule has 2 rings (SSSR count). The van der Waals surface area contributed by atoms with Crippen molar-refractivity contribution in [2.45, 2.75) is 77.9 Å². The molecule has 0 radical (unpaired) electrons. The molecular formula is C17H30O3. The van der Waals surface area contributed by atoms with Gasteiger partial charge in [0.2, 0.25) is 0 Å². The zero-order valence-corrected chi connectivity index (χ0v) is 13.3. The number of hydrogen-bond acceptors (Lipinski definition) is 3. The van der Waals surface area contributed by atoms with Crippen LogP contribution in [0.2, 0.25) is 0 Å². The smallest absolute Gasteiger partial charge is 0.306 e. The second-order valence-corrected chi connectivity index (χ2v) is 7.03. The number of rotatable bonds is 5. The molecule has 0 bridgehead atoms. The van der Waals surface area contributed by atoms with Crippen LogP contribution in [-0.2, 0) is 14.3 Å². The van der Waals surface area contributed by atoms with Crippen LogP contribution >= 0.6 is 0 Å². The summed E-state index contributed by atoms with van der Waals surface area (Å²) in [5.74, 6) is 1.79. The van der Waals surface area contributed by atoms with E-state index in [2.05, 4.69) is 20.8 Å². The summed E-state index contributed by atoms with van der Waals surface area (Å²) in [4.78, 5) is 12.1. The summed E-state index contributed by atoms with van der Waals surface area (Å²) in [5.41, 5.74) is 0. The Hall–Kier alpha value is -0.570. The monoisotopic (exact) mass is 282 g/mol. The maximum atomic E-state index is 12.1. The van der Waals surface area contributed by atoms with Crippen LogP contribution in [-0.4, -0.2) is 24.8 Å². The first-order valence-electron chi connectivity index (χ1n) is 8.37. The van der Waals surface area contributed by atoms with Crippen LogP contribution in [0.5, 0.6) is 0 Å². The van der Waals surface area contributed by atoms with Gasteiger partial charge in [-0.15, -0.1) is 0 Å². The standard InChI is InChI=1S/C17H30O3/c1-12(2)15-8-6-13(3)11-16(15)20-17(18)9-7-14-5-4-10-19-14/h12-16H,4-11H2,1-3H3. The molecule has 4 atom stereocenters. The van der Waals surface area contributed by atoms with Crippen LogP contribution in [0.4, 0.5) is 0 Å². The molecule has 1 aliphatic carbocycles. The fourth-order valence-corrected chi connectivity index (χ4v) is 3.63. The first-order chi connectivity index (χ1) is 9.56. The number of carbonyl (C=O) groups excluding carboxylic acids is 1. The van der Waals surface area contributed by atoms with E-state index in [1.54, 1.807) is 0 Å². The van der Waals surface area contributed by atoms with Gasteiger partial charge in [0, 0.05) is 13.0 Å². The van der Waals surface area contributed by atoms with Gasteiger partial charge in [-0.2, -0.15) is 0 Å². The van der Waals surface area contributed by atoms with Gasteiger partial charge in [0.05, 0.1) is 6.10 Å². The van der Waals surface area contributed by atoms with Gasteiger partial charge in [-0.3, -0.25) is 4.79 Å². The SMILES string of the molecule is CC1CCC(C(C)C)C(OC(=O)CCC2CCCO2)C1. The lowest BCUT2D eigenvalue weighted by atomic mass is 9.75. The molecule has 0 aromatic heterocycles. The van der Waals surface area contributed by atoms with Gasteiger partial charge in [-0.05, 0) is 49.9 Å². The third-order valence-electron chi connectivity index (χ3n) is 4.94. The molecule has 3 heteroatoms. The van der Waals surface area contributed by atoms with E-state index in [4.69, 9.17) is 9.47 Å². The van der Waals surface area contributed by atoms with Gasteiger partial charge in [-0.25, -0.2) is 0 Å². The van der Waals surface area contributed by atoms with E-state index >= 15 is 0 Å². The Kier molecular flexibility index (Phi) is 5.88. The van der Waals surface area contributed by atoms with Crippen molar-refractivity contribution < 1.29 is 14.3 Å². The molecule has 1 saturated carbocycles. The molecule has 1 heterocycles. The van der Waals surface area contributed by atoms with Crippen LogP contribution in [0, 0.1) is 17.8 Å². The largest absolute Gasteiger partial charge is 0.462 e. The van der Waals surface area contributed by atoms with Crippen molar-refractivity contribution in [2.24, 2.45) is 17.8 Å². The molecule has 2 fully saturated rings. The number of ether oxygens (including phenoxy) is 2. The first kappa shape index (κ1) is 15.8. The molecule has 3 nitrogen and oxygen atoms in total.